The number of benzene rings is 2. The Morgan fingerprint density at radius 3 is 2.58 bits per heavy atom. The van der Waals surface area contributed by atoms with E-state index >= 15 is 0 Å². The molecule has 134 valence electrons. The number of nitrogens with one attached hydrogen (secondary N) is 1. The maximum Gasteiger partial charge on any atom is 0.278 e. The van der Waals surface area contributed by atoms with Gasteiger partial charge in [-0.2, -0.15) is 0 Å². The Labute approximate surface area is 152 Å². The van der Waals surface area contributed by atoms with Gasteiger partial charge >= 0.3 is 0 Å². The van der Waals surface area contributed by atoms with Crippen molar-refractivity contribution >= 4 is 22.1 Å². The van der Waals surface area contributed by atoms with Crippen LogP contribution in [0.2, 0.25) is 0 Å². The molecule has 0 bridgehead atoms. The molecule has 2 aromatic carbocycles. The summed E-state index contributed by atoms with van der Waals surface area (Å²) in [7, 11) is 4.13. The van der Waals surface area contributed by atoms with Crippen molar-refractivity contribution in [1.82, 2.24) is 9.88 Å². The molecule has 0 saturated carbocycles. The van der Waals surface area contributed by atoms with Crippen LogP contribution in [0.15, 0.2) is 60.9 Å². The first-order valence-electron chi connectivity index (χ1n) is 8.51. The average Bonchev–Trinajstić information content (AvgIpc) is 2.65. The van der Waals surface area contributed by atoms with E-state index in [9.17, 15) is 10.1 Å². The Hall–Kier alpha value is -2.99. The van der Waals surface area contributed by atoms with E-state index in [1.807, 2.05) is 24.3 Å². The van der Waals surface area contributed by atoms with Gasteiger partial charge in [-0.3, -0.25) is 15.1 Å². The molecular formula is C20H22N4O2. The van der Waals surface area contributed by atoms with Crippen LogP contribution in [0.1, 0.15) is 5.56 Å². The third-order valence-electron chi connectivity index (χ3n) is 4.56. The molecule has 1 atom stereocenters. The smallest absolute Gasteiger partial charge is 0.278 e. The van der Waals surface area contributed by atoms with Gasteiger partial charge in [-0.15, -0.1) is 0 Å². The van der Waals surface area contributed by atoms with E-state index in [1.165, 1.54) is 11.6 Å². The monoisotopic (exact) mass is 350 g/mol. The maximum absolute atomic E-state index is 11.2. The normalized spacial score (nSPS) is 12.3. The van der Waals surface area contributed by atoms with Gasteiger partial charge in [0.15, 0.2) is 0 Å². The minimum atomic E-state index is -0.369. The third-order valence-corrected chi connectivity index (χ3v) is 4.56. The first-order chi connectivity index (χ1) is 12.6. The van der Waals surface area contributed by atoms with Gasteiger partial charge < -0.3 is 10.2 Å². The number of hydrogen-bond donors (Lipinski definition) is 1. The van der Waals surface area contributed by atoms with Gasteiger partial charge in [0.1, 0.15) is 0 Å². The van der Waals surface area contributed by atoms with Crippen LogP contribution in [0.25, 0.3) is 10.8 Å². The summed E-state index contributed by atoms with van der Waals surface area (Å²) in [5.74, 6) is 0. The fraction of sp³-hybridized carbons (Fsp3) is 0.250. The second-order valence-electron chi connectivity index (χ2n) is 6.50. The lowest BCUT2D eigenvalue weighted by Crippen LogP contribution is -2.36. The van der Waals surface area contributed by atoms with E-state index in [-0.39, 0.29) is 10.6 Å². The second-order valence-corrected chi connectivity index (χ2v) is 6.50. The SMILES string of the molecule is CN(C)C(CNc1ccc([N+](=O)[O-])c2cnccc12)Cc1ccccc1. The van der Waals surface area contributed by atoms with Crippen LogP contribution in [-0.2, 0) is 6.42 Å². The molecule has 0 aliphatic carbocycles. The standard InChI is InChI=1S/C20H22N4O2/c1-23(2)16(12-15-6-4-3-5-7-15)13-22-19-8-9-20(24(25)26)18-14-21-11-10-17(18)19/h3-11,14,16,22H,12-13H2,1-2H3. The molecule has 1 aromatic heterocycles. The van der Waals surface area contributed by atoms with E-state index in [4.69, 9.17) is 0 Å². The Balaban J connectivity index is 1.82. The number of aromatic nitrogens is 1. The van der Waals surface area contributed by atoms with Gasteiger partial charge in [-0.25, -0.2) is 0 Å². The zero-order chi connectivity index (χ0) is 18.5. The summed E-state index contributed by atoms with van der Waals surface area (Å²) in [6, 6.07) is 15.8. The number of nitro benzene ring substituents is 1. The number of fused-ring (bicyclic) bond motifs is 1. The van der Waals surface area contributed by atoms with Gasteiger partial charge in [0.25, 0.3) is 5.69 Å². The molecule has 0 spiro atoms. The zero-order valence-corrected chi connectivity index (χ0v) is 14.9. The van der Waals surface area contributed by atoms with Crippen LogP contribution in [0.4, 0.5) is 11.4 Å². The minimum Gasteiger partial charge on any atom is -0.383 e. The van der Waals surface area contributed by atoms with Crippen molar-refractivity contribution < 1.29 is 4.92 Å². The number of hydrogen-bond acceptors (Lipinski definition) is 5. The van der Waals surface area contributed by atoms with Crippen molar-refractivity contribution in [2.24, 2.45) is 0 Å². The first-order valence-corrected chi connectivity index (χ1v) is 8.51. The van der Waals surface area contributed by atoms with Crippen molar-refractivity contribution in [3.8, 4) is 0 Å². The number of rotatable bonds is 7. The molecule has 1 heterocycles. The summed E-state index contributed by atoms with van der Waals surface area (Å²) in [6.07, 6.45) is 4.13. The fourth-order valence-electron chi connectivity index (χ4n) is 3.04. The Morgan fingerprint density at radius 1 is 1.12 bits per heavy atom. The Bertz CT molecular complexity index is 897. The number of nitro groups is 1. The van der Waals surface area contributed by atoms with Crippen LogP contribution in [-0.4, -0.2) is 41.5 Å². The largest absolute Gasteiger partial charge is 0.383 e. The van der Waals surface area contributed by atoms with Crippen LogP contribution in [0.3, 0.4) is 0 Å². The molecule has 0 radical (unpaired) electrons. The lowest BCUT2D eigenvalue weighted by Gasteiger charge is -2.25. The molecule has 6 heteroatoms. The van der Waals surface area contributed by atoms with Gasteiger partial charge in [-0.05, 0) is 38.2 Å². The molecule has 26 heavy (non-hydrogen) atoms. The summed E-state index contributed by atoms with van der Waals surface area (Å²) >= 11 is 0. The third kappa shape index (κ3) is 3.97. The molecule has 0 aliphatic rings. The topological polar surface area (TPSA) is 71.3 Å². The summed E-state index contributed by atoms with van der Waals surface area (Å²) < 4.78 is 0. The first kappa shape index (κ1) is 17.8. The molecule has 0 fully saturated rings. The van der Waals surface area contributed by atoms with E-state index < -0.39 is 0 Å². The number of non-ortho nitro benzene ring substituents is 1. The quantitative estimate of drug-likeness (QED) is 0.519. The van der Waals surface area contributed by atoms with Gasteiger partial charge in [0.2, 0.25) is 0 Å². The van der Waals surface area contributed by atoms with Crippen molar-refractivity contribution in [2.75, 3.05) is 26.0 Å². The van der Waals surface area contributed by atoms with Crippen molar-refractivity contribution in [3.63, 3.8) is 0 Å². The summed E-state index contributed by atoms with van der Waals surface area (Å²) in [5, 5.41) is 16.1. The summed E-state index contributed by atoms with van der Waals surface area (Å²) in [5.41, 5.74) is 2.24. The number of nitrogens with zero attached hydrogens (tertiary/aromatic N) is 3. The minimum absolute atomic E-state index is 0.0760. The zero-order valence-electron chi connectivity index (χ0n) is 14.9. The molecule has 0 aliphatic heterocycles. The van der Waals surface area contributed by atoms with E-state index in [1.54, 1.807) is 18.5 Å². The van der Waals surface area contributed by atoms with E-state index in [2.05, 4.69) is 41.4 Å². The van der Waals surface area contributed by atoms with Crippen LogP contribution >= 0.6 is 0 Å². The van der Waals surface area contributed by atoms with E-state index in [0.29, 0.717) is 11.4 Å². The molecule has 6 nitrogen and oxygen atoms in total. The van der Waals surface area contributed by atoms with Gasteiger partial charge in [0.05, 0.1) is 10.3 Å². The van der Waals surface area contributed by atoms with Crippen molar-refractivity contribution in [1.29, 1.82) is 0 Å². The predicted octanol–water partition coefficient (Wildman–Crippen LogP) is 3.73. The van der Waals surface area contributed by atoms with E-state index in [0.717, 1.165) is 24.0 Å². The highest BCUT2D eigenvalue weighted by Gasteiger charge is 2.16. The maximum atomic E-state index is 11.2. The van der Waals surface area contributed by atoms with Crippen molar-refractivity contribution in [3.05, 3.63) is 76.6 Å². The summed E-state index contributed by atoms with van der Waals surface area (Å²) in [4.78, 5) is 17.1. The number of pyridine rings is 1. The van der Waals surface area contributed by atoms with Crippen molar-refractivity contribution in [2.45, 2.75) is 12.5 Å². The van der Waals surface area contributed by atoms with Gasteiger partial charge in [-0.1, -0.05) is 30.3 Å². The molecular weight excluding hydrogens is 328 g/mol. The highest BCUT2D eigenvalue weighted by Crippen LogP contribution is 2.30. The Morgan fingerprint density at radius 2 is 1.88 bits per heavy atom. The molecule has 1 N–H and O–H groups in total. The van der Waals surface area contributed by atoms with Crippen LogP contribution < -0.4 is 5.32 Å². The Kier molecular flexibility index (Phi) is 5.43. The molecule has 3 aromatic rings. The highest BCUT2D eigenvalue weighted by molar-refractivity contribution is 5.99. The fourth-order valence-corrected chi connectivity index (χ4v) is 3.04. The van der Waals surface area contributed by atoms with Crippen LogP contribution in [0, 0.1) is 10.1 Å². The highest BCUT2D eigenvalue weighted by atomic mass is 16.6. The predicted molar refractivity (Wildman–Crippen MR) is 105 cm³/mol. The van der Waals surface area contributed by atoms with Crippen LogP contribution in [0.5, 0.6) is 0 Å². The second kappa shape index (κ2) is 7.93. The molecule has 1 unspecified atom stereocenters. The lowest BCUT2D eigenvalue weighted by molar-refractivity contribution is -0.383. The molecule has 3 rings (SSSR count). The molecule has 0 amide bonds. The molecule has 0 saturated heterocycles. The van der Waals surface area contributed by atoms with Gasteiger partial charge in [0, 0.05) is 42.1 Å². The number of anilines is 1. The average molecular weight is 350 g/mol. The summed E-state index contributed by atoms with van der Waals surface area (Å²) in [6.45, 7) is 0.733. The lowest BCUT2D eigenvalue weighted by atomic mass is 10.0. The number of likely N-dealkylation sites (N-methyl/N-ethyl adjacent to an activating group) is 1.